The highest BCUT2D eigenvalue weighted by Crippen LogP contribution is 2.31. The van der Waals surface area contributed by atoms with Crippen molar-refractivity contribution in [3.63, 3.8) is 0 Å². The number of esters is 1. The average Bonchev–Trinajstić information content (AvgIpc) is 2.54. The van der Waals surface area contributed by atoms with E-state index in [9.17, 15) is 4.79 Å². The van der Waals surface area contributed by atoms with Crippen LogP contribution in [0.1, 0.15) is 5.56 Å². The van der Waals surface area contributed by atoms with Crippen molar-refractivity contribution in [2.45, 2.75) is 0 Å². The molecule has 108 valence electrons. The molecule has 0 fully saturated rings. The molecular weight excluding hydrogens is 284 g/mol. The van der Waals surface area contributed by atoms with Gasteiger partial charge in [0.2, 0.25) is 0 Å². The summed E-state index contributed by atoms with van der Waals surface area (Å²) in [5.74, 6) is 0.959. The van der Waals surface area contributed by atoms with Crippen LogP contribution in [0.15, 0.2) is 60.0 Å². The van der Waals surface area contributed by atoms with Gasteiger partial charge in [0.05, 0.1) is 12.7 Å². The van der Waals surface area contributed by atoms with Crippen LogP contribution in [0.5, 0.6) is 11.5 Å². The molecule has 2 rings (SSSR count). The Kier molecular flexibility index (Phi) is 5.46. The number of para-hydroxylation sites is 2. The van der Waals surface area contributed by atoms with Gasteiger partial charge in [-0.3, -0.25) is 0 Å². The molecule has 0 N–H and O–H groups in total. The third kappa shape index (κ3) is 3.89. The van der Waals surface area contributed by atoms with Crippen molar-refractivity contribution in [1.29, 1.82) is 0 Å². The molecule has 2 aromatic rings. The molecule has 0 saturated heterocycles. The second-order valence-corrected chi connectivity index (χ2v) is 4.88. The lowest BCUT2D eigenvalue weighted by atomic mass is 10.1. The van der Waals surface area contributed by atoms with Crippen LogP contribution in [0.25, 0.3) is 5.57 Å². The van der Waals surface area contributed by atoms with Crippen molar-refractivity contribution in [1.82, 2.24) is 0 Å². The lowest BCUT2D eigenvalue weighted by Gasteiger charge is -2.12. The predicted octanol–water partition coefficient (Wildman–Crippen LogP) is 4.36. The van der Waals surface area contributed by atoms with Crippen molar-refractivity contribution in [2.24, 2.45) is 0 Å². The first kappa shape index (κ1) is 15.2. The molecule has 0 unspecified atom stereocenters. The number of carbonyl (C=O) groups is 1. The van der Waals surface area contributed by atoms with E-state index in [1.165, 1.54) is 18.9 Å². The van der Waals surface area contributed by atoms with Crippen LogP contribution < -0.4 is 4.74 Å². The third-order valence-electron chi connectivity index (χ3n) is 2.79. The molecule has 0 aromatic heterocycles. The topological polar surface area (TPSA) is 35.5 Å². The zero-order chi connectivity index (χ0) is 15.1. The molecule has 0 saturated carbocycles. The van der Waals surface area contributed by atoms with Gasteiger partial charge in [-0.15, -0.1) is 11.8 Å². The first-order valence-electron chi connectivity index (χ1n) is 6.40. The van der Waals surface area contributed by atoms with Gasteiger partial charge in [-0.05, 0) is 29.9 Å². The Morgan fingerprint density at radius 1 is 1.05 bits per heavy atom. The minimum Gasteiger partial charge on any atom is -0.465 e. The third-order valence-corrected chi connectivity index (χ3v) is 3.26. The molecule has 0 amide bonds. The summed E-state index contributed by atoms with van der Waals surface area (Å²) in [5, 5.41) is 1.76. The van der Waals surface area contributed by atoms with E-state index in [1.807, 2.05) is 60.9 Å². The van der Waals surface area contributed by atoms with Gasteiger partial charge in [-0.1, -0.05) is 36.4 Å². The molecule has 0 aliphatic heterocycles. The monoisotopic (exact) mass is 300 g/mol. The second-order valence-electron chi connectivity index (χ2n) is 4.17. The van der Waals surface area contributed by atoms with Crippen LogP contribution in [0.3, 0.4) is 0 Å². The molecular formula is C17H16O3S. The Morgan fingerprint density at radius 3 is 2.38 bits per heavy atom. The first-order valence-corrected chi connectivity index (χ1v) is 7.68. The number of carbonyl (C=O) groups excluding carboxylic acids is 1. The maximum atomic E-state index is 11.9. The largest absolute Gasteiger partial charge is 0.465 e. The van der Waals surface area contributed by atoms with Crippen LogP contribution in [-0.4, -0.2) is 19.3 Å². The SMILES string of the molecule is COC(=O)/C(=C/SC)c1ccccc1Oc1ccccc1. The highest BCUT2D eigenvalue weighted by atomic mass is 32.2. The Hall–Kier alpha value is -2.20. The zero-order valence-corrected chi connectivity index (χ0v) is 12.7. The van der Waals surface area contributed by atoms with Gasteiger partial charge in [0.25, 0.3) is 0 Å². The lowest BCUT2D eigenvalue weighted by molar-refractivity contribution is -0.133. The fourth-order valence-corrected chi connectivity index (χ4v) is 2.30. The molecule has 0 atom stereocenters. The van der Waals surface area contributed by atoms with E-state index in [-0.39, 0.29) is 5.97 Å². The van der Waals surface area contributed by atoms with Gasteiger partial charge in [0, 0.05) is 5.56 Å². The van der Waals surface area contributed by atoms with Gasteiger partial charge in [0.1, 0.15) is 11.5 Å². The number of ether oxygens (including phenoxy) is 2. The summed E-state index contributed by atoms with van der Waals surface area (Å²) in [7, 11) is 1.37. The minimum atomic E-state index is -0.381. The molecule has 0 bridgehead atoms. The predicted molar refractivity (Wildman–Crippen MR) is 86.5 cm³/mol. The molecule has 0 radical (unpaired) electrons. The zero-order valence-electron chi connectivity index (χ0n) is 11.9. The maximum Gasteiger partial charge on any atom is 0.339 e. The summed E-state index contributed by atoms with van der Waals surface area (Å²) in [6, 6.07) is 16.9. The minimum absolute atomic E-state index is 0.381. The summed E-state index contributed by atoms with van der Waals surface area (Å²) >= 11 is 1.44. The van der Waals surface area contributed by atoms with Crippen LogP contribution in [-0.2, 0) is 9.53 Å². The molecule has 0 aliphatic rings. The Balaban J connectivity index is 2.40. The van der Waals surface area contributed by atoms with Crippen molar-refractivity contribution >= 4 is 23.3 Å². The number of benzene rings is 2. The van der Waals surface area contributed by atoms with Gasteiger partial charge < -0.3 is 9.47 Å². The molecule has 0 aliphatic carbocycles. The van der Waals surface area contributed by atoms with E-state index in [2.05, 4.69) is 0 Å². The fourth-order valence-electron chi connectivity index (χ4n) is 1.84. The van der Waals surface area contributed by atoms with E-state index in [0.29, 0.717) is 16.9 Å². The quantitative estimate of drug-likeness (QED) is 0.607. The smallest absolute Gasteiger partial charge is 0.339 e. The Labute approximate surface area is 128 Å². The van der Waals surface area contributed by atoms with E-state index < -0.39 is 0 Å². The second kappa shape index (κ2) is 7.55. The van der Waals surface area contributed by atoms with Crippen molar-refractivity contribution in [2.75, 3.05) is 13.4 Å². The number of rotatable bonds is 5. The van der Waals surface area contributed by atoms with E-state index in [0.717, 1.165) is 5.75 Å². The van der Waals surface area contributed by atoms with E-state index in [1.54, 1.807) is 5.41 Å². The Bertz CT molecular complexity index is 635. The molecule has 21 heavy (non-hydrogen) atoms. The van der Waals surface area contributed by atoms with Crippen molar-refractivity contribution in [3.8, 4) is 11.5 Å². The van der Waals surface area contributed by atoms with Gasteiger partial charge in [0.15, 0.2) is 0 Å². The lowest BCUT2D eigenvalue weighted by Crippen LogP contribution is -2.04. The number of methoxy groups -OCH3 is 1. The van der Waals surface area contributed by atoms with Crippen LogP contribution >= 0.6 is 11.8 Å². The fraction of sp³-hybridized carbons (Fsp3) is 0.118. The van der Waals surface area contributed by atoms with Crippen LogP contribution in [0.2, 0.25) is 0 Å². The first-order chi connectivity index (χ1) is 10.3. The standard InChI is InChI=1S/C17H16O3S/c1-19-17(18)15(12-21-2)14-10-6-7-11-16(14)20-13-8-4-3-5-9-13/h3-12H,1-2H3/b15-12+. The summed E-state index contributed by atoms with van der Waals surface area (Å²) < 4.78 is 10.7. The van der Waals surface area contributed by atoms with Crippen LogP contribution in [0, 0.1) is 0 Å². The van der Waals surface area contributed by atoms with Crippen LogP contribution in [0.4, 0.5) is 0 Å². The summed E-state index contributed by atoms with van der Waals surface area (Å²) in [5.41, 5.74) is 1.19. The molecule has 0 heterocycles. The summed E-state index contributed by atoms with van der Waals surface area (Å²) in [6.07, 6.45) is 1.89. The number of thioether (sulfide) groups is 1. The van der Waals surface area contributed by atoms with Crippen molar-refractivity contribution < 1.29 is 14.3 Å². The van der Waals surface area contributed by atoms with Crippen molar-refractivity contribution in [3.05, 3.63) is 65.6 Å². The molecule has 0 spiro atoms. The molecule has 2 aromatic carbocycles. The van der Waals surface area contributed by atoms with Gasteiger partial charge in [-0.25, -0.2) is 4.79 Å². The maximum absolute atomic E-state index is 11.9. The highest BCUT2D eigenvalue weighted by molar-refractivity contribution is 8.01. The normalized spacial score (nSPS) is 11.0. The summed E-state index contributed by atoms with van der Waals surface area (Å²) in [4.78, 5) is 11.9. The highest BCUT2D eigenvalue weighted by Gasteiger charge is 2.16. The average molecular weight is 300 g/mol. The van der Waals surface area contributed by atoms with E-state index in [4.69, 9.17) is 9.47 Å². The molecule has 3 nitrogen and oxygen atoms in total. The molecule has 4 heteroatoms. The summed E-state index contributed by atoms with van der Waals surface area (Å²) in [6.45, 7) is 0. The Morgan fingerprint density at radius 2 is 1.71 bits per heavy atom. The van der Waals surface area contributed by atoms with Gasteiger partial charge in [-0.2, -0.15) is 0 Å². The van der Waals surface area contributed by atoms with Gasteiger partial charge >= 0.3 is 5.97 Å². The number of hydrogen-bond acceptors (Lipinski definition) is 4. The number of hydrogen-bond donors (Lipinski definition) is 0. The van der Waals surface area contributed by atoms with E-state index >= 15 is 0 Å².